The number of unbranched alkanes of at least 4 members (excludes halogenated alkanes) is 4. The van der Waals surface area contributed by atoms with E-state index in [1.165, 1.54) is 0 Å². The van der Waals surface area contributed by atoms with Crippen LogP contribution in [0.5, 0.6) is 5.75 Å². The van der Waals surface area contributed by atoms with Crippen LogP contribution >= 0.6 is 0 Å². The van der Waals surface area contributed by atoms with E-state index in [0.29, 0.717) is 42.4 Å². The van der Waals surface area contributed by atoms with Crippen LogP contribution in [0.2, 0.25) is 0 Å². The van der Waals surface area contributed by atoms with Crippen molar-refractivity contribution in [3.05, 3.63) is 66.2 Å². The average Bonchev–Trinajstić information content (AvgIpc) is 3.04. The SMILES string of the molecule is CCCCNc1nc(NCCCCCCNS(=O)(=O)c2cccc3c(N(C)C)cccc23)nc(NCc2ccc(OC)cc2)n1. The monoisotopic (exact) mass is 634 g/mol. The van der Waals surface area contributed by atoms with E-state index in [9.17, 15) is 8.42 Å². The molecule has 45 heavy (non-hydrogen) atoms. The number of nitrogens with zero attached hydrogens (tertiary/aromatic N) is 4. The highest BCUT2D eigenvalue weighted by Gasteiger charge is 2.18. The first kappa shape index (κ1) is 33.7. The van der Waals surface area contributed by atoms with Gasteiger partial charge in [-0.2, -0.15) is 15.0 Å². The van der Waals surface area contributed by atoms with Crippen LogP contribution in [0.15, 0.2) is 65.6 Å². The van der Waals surface area contributed by atoms with Crippen LogP contribution in [0, 0.1) is 0 Å². The predicted octanol–water partition coefficient (Wildman–Crippen LogP) is 5.87. The van der Waals surface area contributed by atoms with Crippen molar-refractivity contribution in [1.29, 1.82) is 0 Å². The summed E-state index contributed by atoms with van der Waals surface area (Å²) in [4.78, 5) is 15.9. The molecule has 0 spiro atoms. The fourth-order valence-electron chi connectivity index (χ4n) is 4.89. The molecule has 11 nitrogen and oxygen atoms in total. The predicted molar refractivity (Wildman–Crippen MR) is 184 cm³/mol. The first-order valence-corrected chi connectivity index (χ1v) is 17.1. The van der Waals surface area contributed by atoms with Gasteiger partial charge in [-0.15, -0.1) is 0 Å². The number of rotatable bonds is 19. The van der Waals surface area contributed by atoms with Gasteiger partial charge in [0.25, 0.3) is 0 Å². The van der Waals surface area contributed by atoms with Gasteiger partial charge in [-0.1, -0.05) is 62.6 Å². The Hall–Kier alpha value is -4.16. The molecule has 242 valence electrons. The van der Waals surface area contributed by atoms with E-state index in [0.717, 1.165) is 72.8 Å². The fourth-order valence-corrected chi connectivity index (χ4v) is 6.19. The summed E-state index contributed by atoms with van der Waals surface area (Å²) in [6.07, 6.45) is 5.61. The number of hydrogen-bond acceptors (Lipinski definition) is 10. The minimum Gasteiger partial charge on any atom is -0.497 e. The van der Waals surface area contributed by atoms with E-state index in [1.54, 1.807) is 19.2 Å². The summed E-state index contributed by atoms with van der Waals surface area (Å²) in [5.41, 5.74) is 2.07. The van der Waals surface area contributed by atoms with Crippen molar-refractivity contribution in [3.8, 4) is 5.75 Å². The van der Waals surface area contributed by atoms with Gasteiger partial charge in [-0.05, 0) is 49.1 Å². The number of hydrogen-bond donors (Lipinski definition) is 4. The van der Waals surface area contributed by atoms with Gasteiger partial charge in [0.1, 0.15) is 5.75 Å². The Balaban J connectivity index is 1.23. The Morgan fingerprint density at radius 3 is 1.96 bits per heavy atom. The Morgan fingerprint density at radius 1 is 0.711 bits per heavy atom. The number of nitrogens with one attached hydrogen (secondary N) is 4. The van der Waals surface area contributed by atoms with Gasteiger partial charge in [0.15, 0.2) is 0 Å². The molecular formula is C33H46N8O3S. The molecule has 0 aliphatic heterocycles. The van der Waals surface area contributed by atoms with E-state index in [1.807, 2.05) is 67.5 Å². The lowest BCUT2D eigenvalue weighted by atomic mass is 10.1. The first-order valence-electron chi connectivity index (χ1n) is 15.6. The second kappa shape index (κ2) is 16.8. The summed E-state index contributed by atoms with van der Waals surface area (Å²) in [6.45, 7) is 4.60. The van der Waals surface area contributed by atoms with Crippen LogP contribution < -0.4 is 30.3 Å². The molecule has 0 unspecified atom stereocenters. The zero-order valence-corrected chi connectivity index (χ0v) is 27.6. The molecule has 0 aliphatic carbocycles. The summed E-state index contributed by atoms with van der Waals surface area (Å²) in [6, 6.07) is 19.0. The van der Waals surface area contributed by atoms with E-state index in [4.69, 9.17) is 4.74 Å². The van der Waals surface area contributed by atoms with Gasteiger partial charge < -0.3 is 25.6 Å². The van der Waals surface area contributed by atoms with Crippen molar-refractivity contribution in [2.24, 2.45) is 0 Å². The Labute approximate surface area is 267 Å². The highest BCUT2D eigenvalue weighted by Crippen LogP contribution is 2.30. The van der Waals surface area contributed by atoms with Gasteiger partial charge >= 0.3 is 0 Å². The third-order valence-electron chi connectivity index (χ3n) is 7.37. The van der Waals surface area contributed by atoms with Gasteiger partial charge in [0.2, 0.25) is 27.9 Å². The number of anilines is 4. The number of ether oxygens (including phenoxy) is 1. The number of fused-ring (bicyclic) bond motifs is 1. The molecule has 0 atom stereocenters. The van der Waals surface area contributed by atoms with Gasteiger partial charge in [-0.25, -0.2) is 13.1 Å². The Bertz CT molecular complexity index is 1610. The van der Waals surface area contributed by atoms with Crippen LogP contribution in [0.1, 0.15) is 51.0 Å². The molecule has 0 saturated carbocycles. The van der Waals surface area contributed by atoms with Crippen molar-refractivity contribution in [2.45, 2.75) is 56.9 Å². The quantitative estimate of drug-likeness (QED) is 0.0928. The summed E-state index contributed by atoms with van der Waals surface area (Å²) in [7, 11) is 1.94. The number of benzene rings is 3. The minimum atomic E-state index is -3.63. The third kappa shape index (κ3) is 9.92. The van der Waals surface area contributed by atoms with Crippen LogP contribution in [0.25, 0.3) is 10.8 Å². The number of sulfonamides is 1. The molecule has 1 heterocycles. The van der Waals surface area contributed by atoms with Crippen molar-refractivity contribution < 1.29 is 13.2 Å². The molecule has 1 aromatic heterocycles. The summed E-state index contributed by atoms with van der Waals surface area (Å²) in [5, 5.41) is 11.5. The molecule has 12 heteroatoms. The zero-order chi connectivity index (χ0) is 32.1. The molecule has 0 bridgehead atoms. The van der Waals surface area contributed by atoms with E-state index in [2.05, 4.69) is 42.5 Å². The Morgan fingerprint density at radius 2 is 1.31 bits per heavy atom. The van der Waals surface area contributed by atoms with E-state index >= 15 is 0 Å². The second-order valence-corrected chi connectivity index (χ2v) is 12.8. The second-order valence-electron chi connectivity index (χ2n) is 11.0. The van der Waals surface area contributed by atoms with E-state index < -0.39 is 10.0 Å². The molecule has 4 N–H and O–H groups in total. The normalized spacial score (nSPS) is 11.4. The van der Waals surface area contributed by atoms with Crippen molar-refractivity contribution in [2.75, 3.05) is 61.7 Å². The van der Waals surface area contributed by atoms with Crippen LogP contribution in [-0.2, 0) is 16.6 Å². The molecule has 0 fully saturated rings. The summed E-state index contributed by atoms with van der Waals surface area (Å²) >= 11 is 0. The summed E-state index contributed by atoms with van der Waals surface area (Å²) < 4.78 is 34.3. The first-order chi connectivity index (χ1) is 21.8. The van der Waals surface area contributed by atoms with Crippen molar-refractivity contribution >= 4 is 44.3 Å². The Kier molecular flexibility index (Phi) is 12.6. The average molecular weight is 635 g/mol. The van der Waals surface area contributed by atoms with Crippen LogP contribution in [0.4, 0.5) is 23.5 Å². The highest BCUT2D eigenvalue weighted by atomic mass is 32.2. The molecule has 0 saturated heterocycles. The molecule has 3 aromatic carbocycles. The summed E-state index contributed by atoms with van der Waals surface area (Å²) in [5.74, 6) is 2.36. The molecule has 4 aromatic rings. The zero-order valence-electron chi connectivity index (χ0n) is 26.8. The maximum Gasteiger partial charge on any atom is 0.241 e. The van der Waals surface area contributed by atoms with Gasteiger partial charge in [0, 0.05) is 56.7 Å². The molecule has 0 aliphatic rings. The largest absolute Gasteiger partial charge is 0.497 e. The molecular weight excluding hydrogens is 588 g/mol. The lowest BCUT2D eigenvalue weighted by Gasteiger charge is -2.17. The fraction of sp³-hybridized carbons (Fsp3) is 0.424. The maximum atomic E-state index is 13.1. The van der Waals surface area contributed by atoms with Crippen LogP contribution in [0.3, 0.4) is 0 Å². The van der Waals surface area contributed by atoms with Crippen molar-refractivity contribution in [1.82, 2.24) is 19.7 Å². The minimum absolute atomic E-state index is 0.312. The lowest BCUT2D eigenvalue weighted by Crippen LogP contribution is -2.25. The van der Waals surface area contributed by atoms with Gasteiger partial charge in [-0.3, -0.25) is 0 Å². The standard InChI is InChI=1S/C33H46N8O3S/c1-5-6-21-34-31-38-32(40-33(39-31)36-24-25-17-19-26(44-4)20-18-25)35-22-9-7-8-10-23-37-45(42,43)30-16-12-13-27-28(30)14-11-15-29(27)41(2)3/h11-20,37H,5-10,21-24H2,1-4H3,(H3,34,35,36,38,39,40). The molecule has 0 amide bonds. The number of aromatic nitrogens is 3. The maximum absolute atomic E-state index is 13.1. The third-order valence-corrected chi connectivity index (χ3v) is 8.89. The topological polar surface area (TPSA) is 133 Å². The number of methoxy groups -OCH3 is 1. The van der Waals surface area contributed by atoms with Gasteiger partial charge in [0.05, 0.1) is 12.0 Å². The van der Waals surface area contributed by atoms with E-state index in [-0.39, 0.29) is 0 Å². The lowest BCUT2D eigenvalue weighted by molar-refractivity contribution is 0.414. The molecule has 4 rings (SSSR count). The highest BCUT2D eigenvalue weighted by molar-refractivity contribution is 7.89. The molecule has 0 radical (unpaired) electrons. The smallest absolute Gasteiger partial charge is 0.241 e. The van der Waals surface area contributed by atoms with Crippen molar-refractivity contribution in [3.63, 3.8) is 0 Å². The van der Waals surface area contributed by atoms with Crippen LogP contribution in [-0.4, -0.2) is 64.2 Å².